The molecular weight excluding hydrogens is 492 g/mol. The van der Waals surface area contributed by atoms with Gasteiger partial charge in [0.2, 0.25) is 0 Å². The number of rotatable bonds is 17. The van der Waals surface area contributed by atoms with Crippen LogP contribution in [0.5, 0.6) is 11.5 Å². The third-order valence-corrected chi connectivity index (χ3v) is 8.74. The van der Waals surface area contributed by atoms with Crippen LogP contribution in [0.25, 0.3) is 0 Å². The first-order chi connectivity index (χ1) is 18.6. The van der Waals surface area contributed by atoms with Gasteiger partial charge in [0.1, 0.15) is 16.9 Å². The van der Waals surface area contributed by atoms with Crippen molar-refractivity contribution in [3.8, 4) is 11.5 Å². The Kier molecular flexibility index (Phi) is 14.1. The molecule has 2 aromatic rings. The summed E-state index contributed by atoms with van der Waals surface area (Å²) in [5, 5.41) is 0. The third-order valence-electron chi connectivity index (χ3n) is 7.37. The van der Waals surface area contributed by atoms with Crippen LogP contribution in [0.4, 0.5) is 0 Å². The van der Waals surface area contributed by atoms with Crippen molar-refractivity contribution in [3.63, 3.8) is 0 Å². The van der Waals surface area contributed by atoms with Gasteiger partial charge in [-0.2, -0.15) is 0 Å². The maximum absolute atomic E-state index is 12.6. The lowest BCUT2D eigenvalue weighted by molar-refractivity contribution is 0.0721. The predicted octanol–water partition coefficient (Wildman–Crippen LogP) is 9.63. The van der Waals surface area contributed by atoms with E-state index in [0.717, 1.165) is 30.1 Å². The molecule has 2 aromatic carbocycles. The number of hydrogen-bond donors (Lipinski definition) is 0. The fourth-order valence-electron chi connectivity index (χ4n) is 4.55. The molecule has 3 rings (SSSR count). The van der Waals surface area contributed by atoms with Gasteiger partial charge in [-0.3, -0.25) is 0 Å². The highest BCUT2D eigenvalue weighted by Gasteiger charge is 2.23. The topological polar surface area (TPSA) is 44.8 Å². The molecule has 1 aliphatic rings. The molecule has 1 saturated heterocycles. The molecule has 0 radical (unpaired) electrons. The molecule has 38 heavy (non-hydrogen) atoms. The number of thioether (sulfide) groups is 1. The summed E-state index contributed by atoms with van der Waals surface area (Å²) >= 11 is 1.88. The van der Waals surface area contributed by atoms with Crippen molar-refractivity contribution in [1.82, 2.24) is 0 Å². The number of benzene rings is 2. The SMILES string of the molecule is CCCCCCCCCCCC1COC(c2ccc(C(=O)Oc3ccc(OCC(C)CC)cc3)cc2)SC1. The monoisotopic (exact) mass is 540 g/mol. The molecule has 0 aromatic heterocycles. The van der Waals surface area contributed by atoms with Crippen molar-refractivity contribution in [1.29, 1.82) is 0 Å². The Morgan fingerprint density at radius 2 is 1.53 bits per heavy atom. The highest BCUT2D eigenvalue weighted by Crippen LogP contribution is 2.37. The zero-order chi connectivity index (χ0) is 27.0. The van der Waals surface area contributed by atoms with Gasteiger partial charge in [0.15, 0.2) is 0 Å². The number of esters is 1. The quantitative estimate of drug-likeness (QED) is 0.113. The van der Waals surface area contributed by atoms with E-state index in [1.165, 1.54) is 64.2 Å². The van der Waals surface area contributed by atoms with Crippen LogP contribution in [0.15, 0.2) is 48.5 Å². The lowest BCUT2D eigenvalue weighted by atomic mass is 10.0. The molecule has 0 N–H and O–H groups in total. The summed E-state index contributed by atoms with van der Waals surface area (Å²) in [5.41, 5.74) is 1.69. The van der Waals surface area contributed by atoms with Crippen LogP contribution >= 0.6 is 11.8 Å². The molecule has 3 unspecified atom stereocenters. The largest absolute Gasteiger partial charge is 0.493 e. The second kappa shape index (κ2) is 17.6. The fourth-order valence-corrected chi connectivity index (χ4v) is 5.78. The molecule has 0 aliphatic carbocycles. The molecule has 0 amide bonds. The van der Waals surface area contributed by atoms with Crippen molar-refractivity contribution < 1.29 is 19.0 Å². The Balaban J connectivity index is 1.33. The molecule has 1 aliphatic heterocycles. The minimum absolute atomic E-state index is 0.0439. The molecule has 1 fully saturated rings. The third kappa shape index (κ3) is 11.0. The Labute approximate surface area is 235 Å². The Hall–Kier alpha value is -1.98. The maximum atomic E-state index is 12.6. The lowest BCUT2D eigenvalue weighted by Crippen LogP contribution is -2.21. The Morgan fingerprint density at radius 3 is 2.13 bits per heavy atom. The van der Waals surface area contributed by atoms with Crippen molar-refractivity contribution in [2.24, 2.45) is 11.8 Å². The van der Waals surface area contributed by atoms with Crippen LogP contribution in [0.1, 0.15) is 113 Å². The maximum Gasteiger partial charge on any atom is 0.343 e. The highest BCUT2D eigenvalue weighted by molar-refractivity contribution is 7.99. The second-order valence-corrected chi connectivity index (χ2v) is 11.9. The molecule has 0 spiro atoms. The molecular formula is C33H48O4S. The van der Waals surface area contributed by atoms with E-state index in [4.69, 9.17) is 14.2 Å². The summed E-state index contributed by atoms with van der Waals surface area (Å²) in [4.78, 5) is 12.6. The molecule has 5 heteroatoms. The van der Waals surface area contributed by atoms with Gasteiger partial charge in [0, 0.05) is 5.75 Å². The molecule has 0 bridgehead atoms. The zero-order valence-corrected chi connectivity index (χ0v) is 24.6. The predicted molar refractivity (Wildman–Crippen MR) is 159 cm³/mol. The van der Waals surface area contributed by atoms with Crippen molar-refractivity contribution in [2.75, 3.05) is 19.0 Å². The number of carbonyl (C=O) groups excluding carboxylic acids is 1. The van der Waals surface area contributed by atoms with Crippen molar-refractivity contribution >= 4 is 17.7 Å². The van der Waals surface area contributed by atoms with Crippen LogP contribution < -0.4 is 9.47 Å². The fraction of sp³-hybridized carbons (Fsp3) is 0.606. The van der Waals surface area contributed by atoms with E-state index < -0.39 is 0 Å². The van der Waals surface area contributed by atoms with E-state index in [-0.39, 0.29) is 11.4 Å². The van der Waals surface area contributed by atoms with E-state index in [1.54, 1.807) is 12.1 Å². The van der Waals surface area contributed by atoms with E-state index >= 15 is 0 Å². The minimum Gasteiger partial charge on any atom is -0.493 e. The van der Waals surface area contributed by atoms with E-state index in [0.29, 0.717) is 29.8 Å². The first-order valence-electron chi connectivity index (χ1n) is 14.9. The van der Waals surface area contributed by atoms with Gasteiger partial charge in [0.05, 0.1) is 18.8 Å². The first kappa shape index (κ1) is 30.6. The highest BCUT2D eigenvalue weighted by atomic mass is 32.2. The van der Waals surface area contributed by atoms with Gasteiger partial charge in [-0.25, -0.2) is 4.79 Å². The van der Waals surface area contributed by atoms with Gasteiger partial charge < -0.3 is 14.2 Å². The smallest absolute Gasteiger partial charge is 0.343 e. The summed E-state index contributed by atoms with van der Waals surface area (Å²) in [6.45, 7) is 8.10. The number of ether oxygens (including phenoxy) is 3. The average Bonchev–Trinajstić information content (AvgIpc) is 2.96. The molecule has 3 atom stereocenters. The van der Waals surface area contributed by atoms with E-state index in [1.807, 2.05) is 48.2 Å². The second-order valence-electron chi connectivity index (χ2n) is 10.8. The molecule has 4 nitrogen and oxygen atoms in total. The Morgan fingerprint density at radius 1 is 0.895 bits per heavy atom. The number of carbonyl (C=O) groups is 1. The number of unbranched alkanes of at least 4 members (excludes halogenated alkanes) is 8. The average molecular weight is 541 g/mol. The summed E-state index contributed by atoms with van der Waals surface area (Å²) in [5.74, 6) is 3.25. The van der Waals surface area contributed by atoms with Gasteiger partial charge in [0.25, 0.3) is 0 Å². The van der Waals surface area contributed by atoms with E-state index in [9.17, 15) is 4.79 Å². The first-order valence-corrected chi connectivity index (χ1v) is 15.9. The summed E-state index contributed by atoms with van der Waals surface area (Å²) in [6.07, 6.45) is 14.7. The lowest BCUT2D eigenvalue weighted by Gasteiger charge is -2.29. The molecule has 210 valence electrons. The van der Waals surface area contributed by atoms with Crippen LogP contribution in [0.2, 0.25) is 0 Å². The summed E-state index contributed by atoms with van der Waals surface area (Å²) in [6, 6.07) is 14.9. The van der Waals surface area contributed by atoms with Crippen molar-refractivity contribution in [2.45, 2.75) is 96.8 Å². The van der Waals surface area contributed by atoms with Crippen LogP contribution in [0, 0.1) is 11.8 Å². The van der Waals surface area contributed by atoms with Gasteiger partial charge >= 0.3 is 5.97 Å². The molecule has 1 heterocycles. The van der Waals surface area contributed by atoms with Gasteiger partial charge in [-0.05, 0) is 60.2 Å². The minimum atomic E-state index is -0.358. The van der Waals surface area contributed by atoms with Crippen LogP contribution in [0.3, 0.4) is 0 Å². The number of hydrogen-bond acceptors (Lipinski definition) is 5. The summed E-state index contributed by atoms with van der Waals surface area (Å²) < 4.78 is 17.5. The van der Waals surface area contributed by atoms with Gasteiger partial charge in [-0.1, -0.05) is 97.1 Å². The van der Waals surface area contributed by atoms with Crippen LogP contribution in [-0.2, 0) is 4.74 Å². The normalized spacial score (nSPS) is 18.2. The standard InChI is InChI=1S/C33H48O4S/c1-4-6-7-8-9-10-11-12-13-14-27-24-36-33(38-25-27)29-17-15-28(16-18-29)32(34)37-31-21-19-30(20-22-31)35-23-26(3)5-2/h15-22,26-27,33H,4-14,23-25H2,1-3H3. The van der Waals surface area contributed by atoms with E-state index in [2.05, 4.69) is 20.8 Å². The Bertz CT molecular complexity index is 904. The van der Waals surface area contributed by atoms with Crippen molar-refractivity contribution in [3.05, 3.63) is 59.7 Å². The van der Waals surface area contributed by atoms with Gasteiger partial charge in [-0.15, -0.1) is 11.8 Å². The summed E-state index contributed by atoms with van der Waals surface area (Å²) in [7, 11) is 0. The zero-order valence-electron chi connectivity index (χ0n) is 23.8. The molecule has 0 saturated carbocycles. The van der Waals surface area contributed by atoms with Crippen LogP contribution in [-0.4, -0.2) is 24.9 Å².